The Hall–Kier alpha value is -3.08. The van der Waals surface area contributed by atoms with Gasteiger partial charge in [0.25, 0.3) is 0 Å². The molecular weight excluding hydrogens is 377 g/mol. The molecule has 1 aromatic heterocycles. The topological polar surface area (TPSA) is 37.3 Å². The van der Waals surface area contributed by atoms with Crippen molar-refractivity contribution in [2.45, 2.75) is 45.8 Å². The van der Waals surface area contributed by atoms with Crippen LogP contribution in [0.5, 0.6) is 0 Å². The van der Waals surface area contributed by atoms with Crippen LogP contribution in [0.3, 0.4) is 0 Å². The van der Waals surface area contributed by atoms with Gasteiger partial charge in [-0.2, -0.15) is 0 Å². The first kappa shape index (κ1) is 21.6. The Morgan fingerprint density at radius 2 is 1.73 bits per heavy atom. The number of amides is 2. The van der Waals surface area contributed by atoms with E-state index >= 15 is 0 Å². The number of carbonyl (C=O) groups is 1. The second-order valence-electron chi connectivity index (χ2n) is 7.53. The van der Waals surface area contributed by atoms with E-state index in [1.54, 1.807) is 12.1 Å². The highest BCUT2D eigenvalue weighted by molar-refractivity contribution is 5.74. The van der Waals surface area contributed by atoms with Crippen molar-refractivity contribution < 1.29 is 9.18 Å². The number of halogens is 1. The first-order valence-corrected chi connectivity index (χ1v) is 10.6. The van der Waals surface area contributed by atoms with Gasteiger partial charge in [-0.25, -0.2) is 9.18 Å². The summed E-state index contributed by atoms with van der Waals surface area (Å²) < 4.78 is 15.3. The van der Waals surface area contributed by atoms with Crippen LogP contribution in [0, 0.1) is 5.82 Å². The molecule has 1 heterocycles. The van der Waals surface area contributed by atoms with Crippen LogP contribution in [0.4, 0.5) is 9.18 Å². The molecule has 0 spiro atoms. The predicted octanol–water partition coefficient (Wildman–Crippen LogP) is 5.58. The van der Waals surface area contributed by atoms with E-state index in [-0.39, 0.29) is 11.8 Å². The van der Waals surface area contributed by atoms with Gasteiger partial charge < -0.3 is 14.8 Å². The van der Waals surface area contributed by atoms with Crippen LogP contribution in [0.2, 0.25) is 0 Å². The lowest BCUT2D eigenvalue weighted by Crippen LogP contribution is -2.40. The van der Waals surface area contributed by atoms with Crippen molar-refractivity contribution in [3.05, 3.63) is 95.6 Å². The SMILES string of the molecule is CCCCCN(Cc1cccn1Cc1ccc(F)cc1)C(=O)NCc1ccccc1. The van der Waals surface area contributed by atoms with Gasteiger partial charge in [-0.3, -0.25) is 0 Å². The predicted molar refractivity (Wildman–Crippen MR) is 119 cm³/mol. The minimum absolute atomic E-state index is 0.0514. The van der Waals surface area contributed by atoms with E-state index in [1.807, 2.05) is 53.6 Å². The maximum atomic E-state index is 13.2. The lowest BCUT2D eigenvalue weighted by molar-refractivity contribution is 0.192. The molecule has 1 N–H and O–H groups in total. The molecule has 0 atom stereocenters. The molecule has 4 nitrogen and oxygen atoms in total. The molecule has 0 radical (unpaired) electrons. The van der Waals surface area contributed by atoms with Crippen molar-refractivity contribution in [3.8, 4) is 0 Å². The Balaban J connectivity index is 1.66. The fraction of sp³-hybridized carbons (Fsp3) is 0.320. The Labute approximate surface area is 178 Å². The summed E-state index contributed by atoms with van der Waals surface area (Å²) in [4.78, 5) is 14.8. The Morgan fingerprint density at radius 1 is 0.967 bits per heavy atom. The zero-order valence-corrected chi connectivity index (χ0v) is 17.6. The summed E-state index contributed by atoms with van der Waals surface area (Å²) in [6.07, 6.45) is 5.19. The summed E-state index contributed by atoms with van der Waals surface area (Å²) in [6, 6.07) is 20.5. The molecule has 0 fully saturated rings. The molecule has 0 aliphatic rings. The number of carbonyl (C=O) groups excluding carboxylic acids is 1. The highest BCUT2D eigenvalue weighted by atomic mass is 19.1. The van der Waals surface area contributed by atoms with Crippen molar-refractivity contribution in [2.24, 2.45) is 0 Å². The normalized spacial score (nSPS) is 10.7. The molecule has 0 aliphatic heterocycles. The monoisotopic (exact) mass is 407 g/mol. The molecule has 0 bridgehead atoms. The third kappa shape index (κ3) is 6.48. The molecule has 5 heteroatoms. The molecule has 2 aromatic carbocycles. The summed E-state index contributed by atoms with van der Waals surface area (Å²) in [5, 5.41) is 3.05. The lowest BCUT2D eigenvalue weighted by Gasteiger charge is -2.24. The number of nitrogens with one attached hydrogen (secondary N) is 1. The van der Waals surface area contributed by atoms with E-state index in [0.29, 0.717) is 19.6 Å². The Bertz CT molecular complexity index is 906. The molecule has 0 saturated heterocycles. The van der Waals surface area contributed by atoms with Crippen molar-refractivity contribution in [1.82, 2.24) is 14.8 Å². The summed E-state index contributed by atoms with van der Waals surface area (Å²) in [5.41, 5.74) is 3.17. The molecular formula is C25H30FN3O. The van der Waals surface area contributed by atoms with Gasteiger partial charge in [0.2, 0.25) is 0 Å². The number of unbranched alkanes of at least 4 members (excludes halogenated alkanes) is 2. The second kappa shape index (κ2) is 11.2. The second-order valence-corrected chi connectivity index (χ2v) is 7.53. The molecule has 0 saturated carbocycles. The van der Waals surface area contributed by atoms with E-state index in [9.17, 15) is 9.18 Å². The number of hydrogen-bond donors (Lipinski definition) is 1. The number of hydrogen-bond acceptors (Lipinski definition) is 1. The van der Waals surface area contributed by atoms with Gasteiger partial charge in [0.1, 0.15) is 5.82 Å². The van der Waals surface area contributed by atoms with Crippen LogP contribution in [-0.4, -0.2) is 22.0 Å². The highest BCUT2D eigenvalue weighted by Crippen LogP contribution is 2.13. The molecule has 0 unspecified atom stereocenters. The van der Waals surface area contributed by atoms with Gasteiger partial charge in [0, 0.05) is 31.5 Å². The Morgan fingerprint density at radius 3 is 2.47 bits per heavy atom. The van der Waals surface area contributed by atoms with Crippen LogP contribution in [0.1, 0.15) is 43.0 Å². The first-order chi connectivity index (χ1) is 14.7. The average Bonchev–Trinajstić information content (AvgIpc) is 3.20. The number of aromatic nitrogens is 1. The summed E-state index contributed by atoms with van der Waals surface area (Å²) in [7, 11) is 0. The third-order valence-corrected chi connectivity index (χ3v) is 5.15. The first-order valence-electron chi connectivity index (χ1n) is 10.6. The van der Waals surface area contributed by atoms with Gasteiger partial charge >= 0.3 is 6.03 Å². The number of rotatable bonds is 10. The molecule has 30 heavy (non-hydrogen) atoms. The molecule has 3 rings (SSSR count). The van der Waals surface area contributed by atoms with Gasteiger partial charge in [-0.15, -0.1) is 0 Å². The van der Waals surface area contributed by atoms with E-state index in [0.717, 1.165) is 42.6 Å². The quantitative estimate of drug-likeness (QED) is 0.438. The van der Waals surface area contributed by atoms with Gasteiger partial charge in [-0.1, -0.05) is 62.2 Å². The van der Waals surface area contributed by atoms with Crippen LogP contribution in [-0.2, 0) is 19.6 Å². The highest BCUT2D eigenvalue weighted by Gasteiger charge is 2.15. The molecule has 2 amide bonds. The fourth-order valence-corrected chi connectivity index (χ4v) is 3.42. The largest absolute Gasteiger partial charge is 0.345 e. The molecule has 158 valence electrons. The van der Waals surface area contributed by atoms with Crippen molar-refractivity contribution >= 4 is 6.03 Å². The zero-order valence-electron chi connectivity index (χ0n) is 17.6. The average molecular weight is 408 g/mol. The van der Waals surface area contributed by atoms with E-state index in [2.05, 4.69) is 16.8 Å². The van der Waals surface area contributed by atoms with E-state index < -0.39 is 0 Å². The lowest BCUT2D eigenvalue weighted by atomic mass is 10.2. The summed E-state index contributed by atoms with van der Waals surface area (Å²) in [5.74, 6) is -0.233. The van der Waals surface area contributed by atoms with Crippen molar-refractivity contribution in [1.29, 1.82) is 0 Å². The number of benzene rings is 2. The summed E-state index contributed by atoms with van der Waals surface area (Å²) in [6.45, 7) is 4.58. The van der Waals surface area contributed by atoms with E-state index in [4.69, 9.17) is 0 Å². The third-order valence-electron chi connectivity index (χ3n) is 5.15. The van der Waals surface area contributed by atoms with Gasteiger partial charge in [0.15, 0.2) is 0 Å². The van der Waals surface area contributed by atoms with Crippen LogP contribution < -0.4 is 5.32 Å². The van der Waals surface area contributed by atoms with Crippen molar-refractivity contribution in [2.75, 3.05) is 6.54 Å². The van der Waals surface area contributed by atoms with Crippen molar-refractivity contribution in [3.63, 3.8) is 0 Å². The number of urea groups is 1. The zero-order chi connectivity index (χ0) is 21.2. The number of nitrogens with zero attached hydrogens (tertiary/aromatic N) is 2. The van der Waals surface area contributed by atoms with Crippen LogP contribution in [0.25, 0.3) is 0 Å². The van der Waals surface area contributed by atoms with Crippen LogP contribution in [0.15, 0.2) is 72.9 Å². The standard InChI is InChI=1S/C25H30FN3O/c1-2-3-7-16-29(25(30)27-18-21-9-5-4-6-10-21)20-24-11-8-17-28(24)19-22-12-14-23(26)15-13-22/h4-6,8-15,17H,2-3,7,16,18-20H2,1H3,(H,27,30). The summed E-state index contributed by atoms with van der Waals surface area (Å²) >= 11 is 0. The maximum Gasteiger partial charge on any atom is 0.318 e. The minimum Gasteiger partial charge on any atom is -0.345 e. The smallest absolute Gasteiger partial charge is 0.318 e. The van der Waals surface area contributed by atoms with Crippen LogP contribution >= 0.6 is 0 Å². The van der Waals surface area contributed by atoms with E-state index in [1.165, 1.54) is 12.1 Å². The van der Waals surface area contributed by atoms with Gasteiger partial charge in [-0.05, 0) is 41.8 Å². The van der Waals surface area contributed by atoms with Gasteiger partial charge in [0.05, 0.1) is 6.54 Å². The maximum absolute atomic E-state index is 13.2. The molecule has 0 aliphatic carbocycles. The molecule has 3 aromatic rings. The minimum atomic E-state index is -0.233. The fourth-order valence-electron chi connectivity index (χ4n) is 3.42. The Kier molecular flexibility index (Phi) is 8.07.